The highest BCUT2D eigenvalue weighted by molar-refractivity contribution is 5.92. The third kappa shape index (κ3) is 4.71. The van der Waals surface area contributed by atoms with E-state index in [0.717, 1.165) is 6.07 Å². The maximum absolute atomic E-state index is 14.7. The van der Waals surface area contributed by atoms with E-state index in [1.807, 2.05) is 0 Å². The number of carbonyl (C=O) groups excluding carboxylic acids is 2. The van der Waals surface area contributed by atoms with Crippen LogP contribution in [-0.2, 0) is 16.0 Å². The lowest BCUT2D eigenvalue weighted by Crippen LogP contribution is -2.48. The molecule has 29 heavy (non-hydrogen) atoms. The number of nitrogens with zero attached hydrogens (tertiary/aromatic N) is 2. The second-order valence-electron chi connectivity index (χ2n) is 6.72. The van der Waals surface area contributed by atoms with Crippen LogP contribution in [0.2, 0.25) is 0 Å². The van der Waals surface area contributed by atoms with E-state index < -0.39 is 23.6 Å². The Balaban J connectivity index is 1.94. The van der Waals surface area contributed by atoms with E-state index in [4.69, 9.17) is 4.74 Å². The summed E-state index contributed by atoms with van der Waals surface area (Å²) in [5, 5.41) is 0. The molecule has 1 saturated heterocycles. The van der Waals surface area contributed by atoms with Gasteiger partial charge >= 0.3 is 12.0 Å². The molecule has 0 spiro atoms. The second-order valence-corrected chi connectivity index (χ2v) is 6.72. The van der Waals surface area contributed by atoms with Crippen LogP contribution >= 0.6 is 0 Å². The lowest BCUT2D eigenvalue weighted by molar-refractivity contribution is 0.0547. The number of hydrogen-bond acceptors (Lipinski definition) is 4. The van der Waals surface area contributed by atoms with Gasteiger partial charge in [0, 0.05) is 18.7 Å². The topological polar surface area (TPSA) is 59.1 Å². The normalized spacial score (nSPS) is 13.9. The number of amides is 2. The molecule has 8 heteroatoms. The molecule has 0 unspecified atom stereocenters. The first-order valence-electron chi connectivity index (χ1n) is 9.18. The Labute approximate surface area is 167 Å². The van der Waals surface area contributed by atoms with E-state index in [9.17, 15) is 18.4 Å². The molecule has 0 radical (unpaired) electrons. The van der Waals surface area contributed by atoms with Gasteiger partial charge in [0.05, 0.1) is 38.1 Å². The molecule has 6 nitrogen and oxygen atoms in total. The van der Waals surface area contributed by atoms with E-state index in [1.54, 1.807) is 17.9 Å². The maximum Gasteiger partial charge on any atom is 0.337 e. The smallest absolute Gasteiger partial charge is 0.337 e. The van der Waals surface area contributed by atoms with Crippen molar-refractivity contribution in [2.45, 2.75) is 13.5 Å². The first-order valence-corrected chi connectivity index (χ1v) is 9.18. The number of aryl methyl sites for hydroxylation is 1. The van der Waals surface area contributed by atoms with E-state index in [-0.39, 0.29) is 23.4 Å². The van der Waals surface area contributed by atoms with Crippen LogP contribution in [0.25, 0.3) is 0 Å². The van der Waals surface area contributed by atoms with Crippen molar-refractivity contribution in [3.8, 4) is 0 Å². The van der Waals surface area contributed by atoms with Gasteiger partial charge in [-0.25, -0.2) is 18.4 Å². The number of carbonyl (C=O) groups is 2. The van der Waals surface area contributed by atoms with Crippen molar-refractivity contribution < 1.29 is 27.8 Å². The number of urea groups is 1. The molecule has 154 valence electrons. The molecule has 2 aromatic carbocycles. The minimum Gasteiger partial charge on any atom is -0.465 e. The Morgan fingerprint density at radius 3 is 2.45 bits per heavy atom. The third-order valence-corrected chi connectivity index (χ3v) is 4.71. The van der Waals surface area contributed by atoms with Crippen molar-refractivity contribution in [3.63, 3.8) is 0 Å². The van der Waals surface area contributed by atoms with Crippen molar-refractivity contribution in [2.24, 2.45) is 0 Å². The predicted molar refractivity (Wildman–Crippen MR) is 103 cm³/mol. The van der Waals surface area contributed by atoms with Crippen molar-refractivity contribution in [3.05, 3.63) is 64.7 Å². The number of anilines is 1. The fraction of sp³-hybridized carbons (Fsp3) is 0.333. The van der Waals surface area contributed by atoms with Gasteiger partial charge in [0.2, 0.25) is 0 Å². The zero-order valence-electron chi connectivity index (χ0n) is 16.3. The molecule has 0 saturated carbocycles. The summed E-state index contributed by atoms with van der Waals surface area (Å²) in [5.41, 5.74) is 0.975. The number of methoxy groups -OCH3 is 1. The van der Waals surface area contributed by atoms with E-state index in [0.29, 0.717) is 31.9 Å². The van der Waals surface area contributed by atoms with Gasteiger partial charge in [-0.3, -0.25) is 4.90 Å². The van der Waals surface area contributed by atoms with Gasteiger partial charge in [0.1, 0.15) is 11.6 Å². The number of morpholine rings is 1. The summed E-state index contributed by atoms with van der Waals surface area (Å²) >= 11 is 0. The Kier molecular flexibility index (Phi) is 6.43. The fourth-order valence-corrected chi connectivity index (χ4v) is 3.10. The first-order chi connectivity index (χ1) is 13.9. The third-order valence-electron chi connectivity index (χ3n) is 4.71. The molecule has 0 atom stereocenters. The lowest BCUT2D eigenvalue weighted by atomic mass is 10.1. The zero-order chi connectivity index (χ0) is 21.0. The minimum atomic E-state index is -0.680. The monoisotopic (exact) mass is 404 g/mol. The summed E-state index contributed by atoms with van der Waals surface area (Å²) < 4.78 is 39.1. The van der Waals surface area contributed by atoms with Gasteiger partial charge in [0.15, 0.2) is 0 Å². The molecule has 1 fully saturated rings. The predicted octanol–water partition coefficient (Wildman–Crippen LogP) is 3.52. The largest absolute Gasteiger partial charge is 0.465 e. The highest BCUT2D eigenvalue weighted by atomic mass is 19.1. The van der Waals surface area contributed by atoms with Crippen LogP contribution in [0.15, 0.2) is 36.4 Å². The van der Waals surface area contributed by atoms with Crippen molar-refractivity contribution in [2.75, 3.05) is 38.3 Å². The molecule has 0 N–H and O–H groups in total. The Morgan fingerprint density at radius 2 is 1.83 bits per heavy atom. The second kappa shape index (κ2) is 9.00. The number of benzene rings is 2. The van der Waals surface area contributed by atoms with Gasteiger partial charge in [-0.05, 0) is 36.8 Å². The van der Waals surface area contributed by atoms with Gasteiger partial charge < -0.3 is 14.4 Å². The quantitative estimate of drug-likeness (QED) is 0.732. The van der Waals surface area contributed by atoms with Crippen LogP contribution in [0.5, 0.6) is 0 Å². The number of esters is 1. The fourth-order valence-electron chi connectivity index (χ4n) is 3.10. The van der Waals surface area contributed by atoms with E-state index in [2.05, 4.69) is 4.74 Å². The van der Waals surface area contributed by atoms with Gasteiger partial charge in [-0.15, -0.1) is 0 Å². The first kappa shape index (κ1) is 20.7. The SMILES string of the molecule is COC(=O)c1ccc(CN(C(=O)N2CCOCC2)c2ccc(C)cc2F)c(F)c1. The van der Waals surface area contributed by atoms with Crippen LogP contribution in [0.3, 0.4) is 0 Å². The summed E-state index contributed by atoms with van der Waals surface area (Å²) in [7, 11) is 1.21. The summed E-state index contributed by atoms with van der Waals surface area (Å²) in [4.78, 5) is 27.4. The van der Waals surface area contributed by atoms with E-state index >= 15 is 0 Å². The van der Waals surface area contributed by atoms with Crippen LogP contribution in [0.4, 0.5) is 19.3 Å². The van der Waals surface area contributed by atoms with Crippen molar-refractivity contribution in [1.82, 2.24) is 4.90 Å². The number of ether oxygens (including phenoxy) is 2. The van der Waals surface area contributed by atoms with Crippen LogP contribution in [-0.4, -0.2) is 50.3 Å². The molecule has 2 amide bonds. The van der Waals surface area contributed by atoms with Crippen molar-refractivity contribution in [1.29, 1.82) is 0 Å². The molecule has 0 aliphatic carbocycles. The molecule has 2 aromatic rings. The summed E-state index contributed by atoms with van der Waals surface area (Å²) in [5.74, 6) is -1.92. The highest BCUT2D eigenvalue weighted by Crippen LogP contribution is 2.25. The molecular formula is C21H22F2N2O4. The number of rotatable bonds is 4. The molecular weight excluding hydrogens is 382 g/mol. The zero-order valence-corrected chi connectivity index (χ0v) is 16.3. The lowest BCUT2D eigenvalue weighted by Gasteiger charge is -2.33. The molecule has 1 aliphatic rings. The summed E-state index contributed by atoms with van der Waals surface area (Å²) in [6, 6.07) is 7.93. The molecule has 0 aromatic heterocycles. The average Bonchev–Trinajstić information content (AvgIpc) is 2.73. The van der Waals surface area contributed by atoms with E-state index in [1.165, 1.54) is 36.3 Å². The maximum atomic E-state index is 14.7. The average molecular weight is 404 g/mol. The molecule has 1 heterocycles. The summed E-state index contributed by atoms with van der Waals surface area (Å²) in [6.07, 6.45) is 0. The van der Waals surface area contributed by atoms with Crippen LogP contribution in [0, 0.1) is 18.6 Å². The van der Waals surface area contributed by atoms with Crippen molar-refractivity contribution >= 4 is 17.7 Å². The standard InChI is InChI=1S/C21H22F2N2O4/c1-14-3-6-19(18(23)11-14)25(21(27)24-7-9-29-10-8-24)13-16-5-4-15(12-17(16)22)20(26)28-2/h3-6,11-12H,7-10,13H2,1-2H3. The molecule has 0 bridgehead atoms. The highest BCUT2D eigenvalue weighted by Gasteiger charge is 2.27. The Morgan fingerprint density at radius 1 is 1.10 bits per heavy atom. The minimum absolute atomic E-state index is 0.0568. The summed E-state index contributed by atoms with van der Waals surface area (Å²) in [6.45, 7) is 3.06. The van der Waals surface area contributed by atoms with Gasteiger partial charge in [0.25, 0.3) is 0 Å². The molecule has 3 rings (SSSR count). The van der Waals surface area contributed by atoms with Gasteiger partial charge in [-0.1, -0.05) is 12.1 Å². The number of hydrogen-bond donors (Lipinski definition) is 0. The molecule has 1 aliphatic heterocycles. The van der Waals surface area contributed by atoms with Gasteiger partial charge in [-0.2, -0.15) is 0 Å². The Hall–Kier alpha value is -3.00. The van der Waals surface area contributed by atoms with Crippen LogP contribution < -0.4 is 4.90 Å². The number of halogens is 2. The Bertz CT molecular complexity index is 914. The van der Waals surface area contributed by atoms with Crippen LogP contribution in [0.1, 0.15) is 21.5 Å².